The van der Waals surface area contributed by atoms with Crippen molar-refractivity contribution >= 4 is 29.0 Å². The van der Waals surface area contributed by atoms with Crippen LogP contribution in [0.2, 0.25) is 0 Å². The second-order valence-electron chi connectivity index (χ2n) is 5.91. The van der Waals surface area contributed by atoms with Gasteiger partial charge in [-0.3, -0.25) is 4.79 Å². The first-order chi connectivity index (χ1) is 9.35. The van der Waals surface area contributed by atoms with Crippen LogP contribution < -0.4 is 5.32 Å². The highest BCUT2D eigenvalue weighted by Gasteiger charge is 2.33. The summed E-state index contributed by atoms with van der Waals surface area (Å²) in [5.41, 5.74) is 0.310. The molecule has 1 unspecified atom stereocenters. The summed E-state index contributed by atoms with van der Waals surface area (Å²) in [4.78, 5) is 25.6. The highest BCUT2D eigenvalue weighted by atomic mass is 32.1. The number of ether oxygens (including phenoxy) is 1. The predicted octanol–water partition coefficient (Wildman–Crippen LogP) is 2.94. The van der Waals surface area contributed by atoms with Crippen LogP contribution in [0.1, 0.15) is 27.2 Å². The van der Waals surface area contributed by atoms with E-state index in [-0.39, 0.29) is 17.9 Å². The standard InChI is InChI=1S/C14H20N2O3S/c1-14(2,3)19-13(18)16-6-4-10(8-16)12(17)15-11-5-7-20-9-11/h5,7,9-10H,4,6,8H2,1-3H3,(H,15,17). The molecule has 2 rings (SSSR count). The normalized spacial score (nSPS) is 18.9. The van der Waals surface area contributed by atoms with E-state index >= 15 is 0 Å². The van der Waals surface area contributed by atoms with Crippen molar-refractivity contribution in [3.8, 4) is 0 Å². The Morgan fingerprint density at radius 1 is 1.45 bits per heavy atom. The molecule has 1 saturated heterocycles. The Bertz CT molecular complexity index is 479. The number of carbonyl (C=O) groups is 2. The number of thiophene rings is 1. The number of likely N-dealkylation sites (tertiary alicyclic amines) is 1. The molecule has 1 aromatic rings. The molecule has 1 aromatic heterocycles. The maximum atomic E-state index is 12.1. The van der Waals surface area contributed by atoms with Gasteiger partial charge in [0.15, 0.2) is 0 Å². The van der Waals surface area contributed by atoms with E-state index in [9.17, 15) is 9.59 Å². The summed E-state index contributed by atoms with van der Waals surface area (Å²) < 4.78 is 5.31. The summed E-state index contributed by atoms with van der Waals surface area (Å²) in [5, 5.41) is 6.67. The Labute approximate surface area is 122 Å². The molecule has 2 amide bonds. The molecule has 0 bridgehead atoms. The van der Waals surface area contributed by atoms with Gasteiger partial charge in [0.2, 0.25) is 5.91 Å². The Kier molecular flexibility index (Phi) is 4.32. The fourth-order valence-electron chi connectivity index (χ4n) is 2.05. The largest absolute Gasteiger partial charge is 0.444 e. The second kappa shape index (κ2) is 5.83. The monoisotopic (exact) mass is 296 g/mol. The highest BCUT2D eigenvalue weighted by molar-refractivity contribution is 7.08. The van der Waals surface area contributed by atoms with Crippen LogP contribution in [-0.2, 0) is 9.53 Å². The van der Waals surface area contributed by atoms with Crippen molar-refractivity contribution in [2.75, 3.05) is 18.4 Å². The van der Waals surface area contributed by atoms with Gasteiger partial charge in [-0.1, -0.05) is 0 Å². The SMILES string of the molecule is CC(C)(C)OC(=O)N1CCC(C(=O)Nc2ccsc2)C1. The van der Waals surface area contributed by atoms with Crippen LogP contribution in [0.4, 0.5) is 10.5 Å². The van der Waals surface area contributed by atoms with Gasteiger partial charge in [-0.25, -0.2) is 4.79 Å². The maximum Gasteiger partial charge on any atom is 0.410 e. The van der Waals surface area contributed by atoms with E-state index in [2.05, 4.69) is 5.32 Å². The minimum absolute atomic E-state index is 0.0329. The Balaban J connectivity index is 1.85. The summed E-state index contributed by atoms with van der Waals surface area (Å²) in [5.74, 6) is -0.197. The molecule has 1 aliphatic rings. The quantitative estimate of drug-likeness (QED) is 0.913. The lowest BCUT2D eigenvalue weighted by Gasteiger charge is -2.24. The maximum absolute atomic E-state index is 12.1. The molecule has 0 spiro atoms. The molecular weight excluding hydrogens is 276 g/mol. The van der Waals surface area contributed by atoms with Crippen LogP contribution in [0, 0.1) is 5.92 Å². The van der Waals surface area contributed by atoms with E-state index in [0.29, 0.717) is 19.5 Å². The molecule has 1 atom stereocenters. The molecule has 1 N–H and O–H groups in total. The summed E-state index contributed by atoms with van der Waals surface area (Å²) in [6.07, 6.45) is 0.332. The summed E-state index contributed by atoms with van der Waals surface area (Å²) >= 11 is 1.54. The highest BCUT2D eigenvalue weighted by Crippen LogP contribution is 2.21. The fraction of sp³-hybridized carbons (Fsp3) is 0.571. The number of nitrogens with zero attached hydrogens (tertiary/aromatic N) is 1. The first kappa shape index (κ1) is 14.8. The smallest absolute Gasteiger partial charge is 0.410 e. The molecule has 1 fully saturated rings. The van der Waals surface area contributed by atoms with E-state index in [0.717, 1.165) is 5.69 Å². The molecule has 0 radical (unpaired) electrons. The van der Waals surface area contributed by atoms with Crippen LogP contribution in [-0.4, -0.2) is 35.6 Å². The summed E-state index contributed by atoms with van der Waals surface area (Å²) in [6.45, 7) is 6.49. The van der Waals surface area contributed by atoms with Crippen molar-refractivity contribution in [2.24, 2.45) is 5.92 Å². The number of rotatable bonds is 2. The molecule has 0 aliphatic carbocycles. The van der Waals surface area contributed by atoms with Crippen molar-refractivity contribution in [3.05, 3.63) is 16.8 Å². The minimum Gasteiger partial charge on any atom is -0.444 e. The molecule has 2 heterocycles. The third kappa shape index (κ3) is 3.96. The minimum atomic E-state index is -0.506. The van der Waals surface area contributed by atoms with Crippen molar-refractivity contribution in [2.45, 2.75) is 32.8 Å². The van der Waals surface area contributed by atoms with E-state index in [1.807, 2.05) is 37.6 Å². The van der Waals surface area contributed by atoms with Gasteiger partial charge in [0.25, 0.3) is 0 Å². The lowest BCUT2D eigenvalue weighted by molar-refractivity contribution is -0.119. The van der Waals surface area contributed by atoms with E-state index < -0.39 is 5.60 Å². The summed E-state index contributed by atoms with van der Waals surface area (Å²) in [7, 11) is 0. The number of anilines is 1. The molecule has 0 aromatic carbocycles. The molecule has 0 saturated carbocycles. The zero-order chi connectivity index (χ0) is 14.8. The second-order valence-corrected chi connectivity index (χ2v) is 6.69. The van der Waals surface area contributed by atoms with Gasteiger partial charge in [-0.2, -0.15) is 11.3 Å². The van der Waals surface area contributed by atoms with Gasteiger partial charge in [0.05, 0.1) is 11.6 Å². The van der Waals surface area contributed by atoms with E-state index in [4.69, 9.17) is 4.74 Å². The third-order valence-electron chi connectivity index (χ3n) is 3.00. The van der Waals surface area contributed by atoms with E-state index in [1.54, 1.807) is 4.90 Å². The van der Waals surface area contributed by atoms with Crippen LogP contribution >= 0.6 is 11.3 Å². The molecule has 6 heteroatoms. The summed E-state index contributed by atoms with van der Waals surface area (Å²) in [6, 6.07) is 1.86. The third-order valence-corrected chi connectivity index (χ3v) is 3.68. The van der Waals surface area contributed by atoms with Gasteiger partial charge < -0.3 is 15.0 Å². The molecular formula is C14H20N2O3S. The van der Waals surface area contributed by atoms with Gasteiger partial charge in [0, 0.05) is 18.5 Å². The first-order valence-electron chi connectivity index (χ1n) is 6.66. The average molecular weight is 296 g/mol. The van der Waals surface area contributed by atoms with Crippen molar-refractivity contribution < 1.29 is 14.3 Å². The van der Waals surface area contributed by atoms with Crippen molar-refractivity contribution in [1.82, 2.24) is 4.90 Å². The van der Waals surface area contributed by atoms with Crippen LogP contribution in [0.15, 0.2) is 16.8 Å². The predicted molar refractivity (Wildman–Crippen MR) is 78.9 cm³/mol. The number of hydrogen-bond donors (Lipinski definition) is 1. The lowest BCUT2D eigenvalue weighted by Crippen LogP contribution is -2.36. The molecule has 1 aliphatic heterocycles. The Morgan fingerprint density at radius 3 is 2.80 bits per heavy atom. The molecule has 5 nitrogen and oxygen atoms in total. The van der Waals surface area contributed by atoms with Gasteiger partial charge >= 0.3 is 6.09 Å². The van der Waals surface area contributed by atoms with Crippen LogP contribution in [0.25, 0.3) is 0 Å². The molecule has 20 heavy (non-hydrogen) atoms. The van der Waals surface area contributed by atoms with Crippen LogP contribution in [0.5, 0.6) is 0 Å². The van der Waals surface area contributed by atoms with Gasteiger partial charge in [-0.05, 0) is 38.6 Å². The Hall–Kier alpha value is -1.56. The zero-order valence-corrected chi connectivity index (χ0v) is 12.8. The Morgan fingerprint density at radius 2 is 2.20 bits per heavy atom. The van der Waals surface area contributed by atoms with Crippen molar-refractivity contribution in [3.63, 3.8) is 0 Å². The topological polar surface area (TPSA) is 58.6 Å². The van der Waals surface area contributed by atoms with Crippen molar-refractivity contribution in [1.29, 1.82) is 0 Å². The zero-order valence-electron chi connectivity index (χ0n) is 12.0. The van der Waals surface area contributed by atoms with Gasteiger partial charge in [-0.15, -0.1) is 0 Å². The number of amides is 2. The number of nitrogens with one attached hydrogen (secondary N) is 1. The fourth-order valence-corrected chi connectivity index (χ4v) is 2.63. The lowest BCUT2D eigenvalue weighted by atomic mass is 10.1. The first-order valence-corrected chi connectivity index (χ1v) is 7.60. The average Bonchev–Trinajstić information content (AvgIpc) is 2.96. The number of carbonyl (C=O) groups excluding carboxylic acids is 2. The van der Waals surface area contributed by atoms with Crippen LogP contribution in [0.3, 0.4) is 0 Å². The molecule has 110 valence electrons. The number of hydrogen-bond acceptors (Lipinski definition) is 4. The van der Waals surface area contributed by atoms with Gasteiger partial charge in [0.1, 0.15) is 5.60 Å². The van der Waals surface area contributed by atoms with E-state index in [1.165, 1.54) is 11.3 Å².